The van der Waals surface area contributed by atoms with Crippen LogP contribution in [0.15, 0.2) is 24.3 Å². The first-order chi connectivity index (χ1) is 6.80. The van der Waals surface area contributed by atoms with Crippen molar-refractivity contribution in [3.05, 3.63) is 35.4 Å². The second kappa shape index (κ2) is 3.69. The smallest absolute Gasteiger partial charge is 0.0930 e. The van der Waals surface area contributed by atoms with Crippen LogP contribution < -0.4 is 5.90 Å². The lowest BCUT2D eigenvalue weighted by molar-refractivity contribution is 0.124. The molecule has 0 unspecified atom stereocenters. The van der Waals surface area contributed by atoms with Crippen LogP contribution in [0.5, 0.6) is 0 Å². The Morgan fingerprint density at radius 1 is 1.29 bits per heavy atom. The van der Waals surface area contributed by atoms with Crippen LogP contribution in [0.25, 0.3) is 0 Å². The van der Waals surface area contributed by atoms with Crippen LogP contribution in [-0.2, 0) is 16.9 Å². The first-order valence-electron chi connectivity index (χ1n) is 4.83. The largest absolute Gasteiger partial charge is 0.395 e. The number of hydrogen-bond donors (Lipinski definition) is 2. The van der Waals surface area contributed by atoms with Gasteiger partial charge in [-0.2, -0.15) is 0 Å². The molecule has 0 bridgehead atoms. The van der Waals surface area contributed by atoms with Gasteiger partial charge in [0.1, 0.15) is 0 Å². The zero-order valence-corrected chi connectivity index (χ0v) is 8.07. The second-order valence-corrected chi connectivity index (χ2v) is 3.95. The lowest BCUT2D eigenvalue weighted by Crippen LogP contribution is -2.11. The molecule has 1 aliphatic carbocycles. The highest BCUT2D eigenvalue weighted by molar-refractivity contribution is 5.33. The molecule has 76 valence electrons. The van der Waals surface area contributed by atoms with Gasteiger partial charge in [-0.15, -0.1) is 0 Å². The molecule has 1 fully saturated rings. The van der Waals surface area contributed by atoms with Gasteiger partial charge in [0, 0.05) is 5.41 Å². The summed E-state index contributed by atoms with van der Waals surface area (Å²) in [7, 11) is 0. The van der Waals surface area contributed by atoms with Crippen molar-refractivity contribution in [1.82, 2.24) is 0 Å². The zero-order valence-electron chi connectivity index (χ0n) is 8.07. The van der Waals surface area contributed by atoms with E-state index in [0.717, 1.165) is 18.4 Å². The van der Waals surface area contributed by atoms with Gasteiger partial charge in [-0.1, -0.05) is 24.3 Å². The van der Waals surface area contributed by atoms with Gasteiger partial charge in [0.05, 0.1) is 13.2 Å². The molecule has 1 aromatic carbocycles. The maximum Gasteiger partial charge on any atom is 0.0930 e. The fourth-order valence-corrected chi connectivity index (χ4v) is 1.74. The third kappa shape index (κ3) is 1.66. The van der Waals surface area contributed by atoms with Gasteiger partial charge in [0.25, 0.3) is 0 Å². The Labute approximate surface area is 83.5 Å². The molecule has 0 aromatic heterocycles. The Morgan fingerprint density at radius 3 is 2.36 bits per heavy atom. The lowest BCUT2D eigenvalue weighted by atomic mass is 9.96. The van der Waals surface area contributed by atoms with Crippen molar-refractivity contribution >= 4 is 0 Å². The first-order valence-corrected chi connectivity index (χ1v) is 4.83. The minimum absolute atomic E-state index is 0.0576. The van der Waals surface area contributed by atoms with Gasteiger partial charge < -0.3 is 5.11 Å². The van der Waals surface area contributed by atoms with Crippen molar-refractivity contribution in [3.8, 4) is 0 Å². The van der Waals surface area contributed by atoms with Gasteiger partial charge in [-0.25, -0.2) is 5.90 Å². The van der Waals surface area contributed by atoms with Gasteiger partial charge in [0.15, 0.2) is 0 Å². The Kier molecular flexibility index (Phi) is 2.54. The van der Waals surface area contributed by atoms with E-state index in [1.807, 2.05) is 12.1 Å². The molecule has 1 aliphatic rings. The standard InChI is InChI=1S/C11H15NO2/c12-14-7-9-1-3-10(4-2-9)11(8-13)5-6-11/h1-4,13H,5-8,12H2. The van der Waals surface area contributed by atoms with Crippen LogP contribution in [-0.4, -0.2) is 11.7 Å². The number of aliphatic hydroxyl groups is 1. The average molecular weight is 193 g/mol. The van der Waals surface area contributed by atoms with Gasteiger partial charge >= 0.3 is 0 Å². The van der Waals surface area contributed by atoms with Crippen LogP contribution in [0.4, 0.5) is 0 Å². The van der Waals surface area contributed by atoms with E-state index in [4.69, 9.17) is 5.90 Å². The van der Waals surface area contributed by atoms with Crippen molar-refractivity contribution in [2.45, 2.75) is 24.9 Å². The molecule has 0 aliphatic heterocycles. The predicted octanol–water partition coefficient (Wildman–Crippen LogP) is 1.10. The van der Waals surface area contributed by atoms with E-state index in [1.54, 1.807) is 0 Å². The van der Waals surface area contributed by atoms with Gasteiger partial charge in [0.2, 0.25) is 0 Å². The van der Waals surface area contributed by atoms with E-state index in [2.05, 4.69) is 17.0 Å². The molecule has 0 radical (unpaired) electrons. The van der Waals surface area contributed by atoms with E-state index >= 15 is 0 Å². The van der Waals surface area contributed by atoms with Crippen molar-refractivity contribution in [2.75, 3.05) is 6.61 Å². The Balaban J connectivity index is 2.14. The van der Waals surface area contributed by atoms with Crippen LogP contribution in [0, 0.1) is 0 Å². The van der Waals surface area contributed by atoms with Gasteiger partial charge in [-0.05, 0) is 24.0 Å². The molecule has 0 atom stereocenters. The fraction of sp³-hybridized carbons (Fsp3) is 0.455. The first kappa shape index (κ1) is 9.65. The topological polar surface area (TPSA) is 55.5 Å². The molecule has 3 heteroatoms. The summed E-state index contributed by atoms with van der Waals surface area (Å²) in [6.07, 6.45) is 2.19. The highest BCUT2D eigenvalue weighted by Gasteiger charge is 2.43. The molecule has 3 nitrogen and oxygen atoms in total. The summed E-state index contributed by atoms with van der Waals surface area (Å²) in [5.74, 6) is 4.98. The highest BCUT2D eigenvalue weighted by atomic mass is 16.6. The maximum atomic E-state index is 9.24. The summed E-state index contributed by atoms with van der Waals surface area (Å²) in [5.41, 5.74) is 2.34. The number of benzene rings is 1. The molecule has 2 rings (SSSR count). The van der Waals surface area contributed by atoms with E-state index in [9.17, 15) is 5.11 Å². The predicted molar refractivity (Wildman–Crippen MR) is 53.4 cm³/mol. The molecule has 0 amide bonds. The monoisotopic (exact) mass is 193 g/mol. The summed E-state index contributed by atoms with van der Waals surface area (Å²) in [6.45, 7) is 0.687. The van der Waals surface area contributed by atoms with E-state index in [1.165, 1.54) is 5.56 Å². The van der Waals surface area contributed by atoms with Crippen molar-refractivity contribution in [2.24, 2.45) is 5.90 Å². The molecule has 3 N–H and O–H groups in total. The Bertz CT molecular complexity index is 304. The molecule has 14 heavy (non-hydrogen) atoms. The van der Waals surface area contributed by atoms with Crippen LogP contribution in [0.1, 0.15) is 24.0 Å². The third-order valence-electron chi connectivity index (χ3n) is 2.97. The molecule has 0 spiro atoms. The highest BCUT2D eigenvalue weighted by Crippen LogP contribution is 2.47. The molecular formula is C11H15NO2. The SMILES string of the molecule is NOCc1ccc(C2(CO)CC2)cc1. The molecule has 0 saturated heterocycles. The second-order valence-electron chi connectivity index (χ2n) is 3.95. The average Bonchev–Trinajstić information content (AvgIpc) is 3.00. The maximum absolute atomic E-state index is 9.24. The minimum atomic E-state index is 0.0576. The molecule has 1 aromatic rings. The summed E-state index contributed by atoms with van der Waals surface area (Å²) >= 11 is 0. The normalized spacial score (nSPS) is 18.1. The number of hydrogen-bond acceptors (Lipinski definition) is 3. The number of nitrogens with two attached hydrogens (primary N) is 1. The van der Waals surface area contributed by atoms with Crippen molar-refractivity contribution in [3.63, 3.8) is 0 Å². The quantitative estimate of drug-likeness (QED) is 0.704. The molecule has 0 heterocycles. The molecular weight excluding hydrogens is 178 g/mol. The van der Waals surface area contributed by atoms with Crippen molar-refractivity contribution in [1.29, 1.82) is 0 Å². The van der Waals surface area contributed by atoms with Crippen LogP contribution in [0.3, 0.4) is 0 Å². The zero-order chi connectivity index (χ0) is 10.0. The van der Waals surface area contributed by atoms with Crippen LogP contribution in [0.2, 0.25) is 0 Å². The summed E-state index contributed by atoms with van der Waals surface area (Å²) in [6, 6.07) is 8.10. The Morgan fingerprint density at radius 2 is 1.93 bits per heavy atom. The van der Waals surface area contributed by atoms with Crippen LogP contribution >= 0.6 is 0 Å². The summed E-state index contributed by atoms with van der Waals surface area (Å²) in [4.78, 5) is 4.55. The van der Waals surface area contributed by atoms with E-state index < -0.39 is 0 Å². The van der Waals surface area contributed by atoms with E-state index in [0.29, 0.717) is 6.61 Å². The number of rotatable bonds is 4. The fourth-order valence-electron chi connectivity index (χ4n) is 1.74. The Hall–Kier alpha value is -0.900. The van der Waals surface area contributed by atoms with Crippen molar-refractivity contribution < 1.29 is 9.94 Å². The molecule has 1 saturated carbocycles. The minimum Gasteiger partial charge on any atom is -0.395 e. The summed E-state index contributed by atoms with van der Waals surface area (Å²) in [5, 5.41) is 9.24. The van der Waals surface area contributed by atoms with Gasteiger partial charge in [-0.3, -0.25) is 4.84 Å². The lowest BCUT2D eigenvalue weighted by Gasteiger charge is -2.12. The van der Waals surface area contributed by atoms with E-state index in [-0.39, 0.29) is 12.0 Å². The number of aliphatic hydroxyl groups excluding tert-OH is 1. The third-order valence-corrected chi connectivity index (χ3v) is 2.97. The summed E-state index contributed by atoms with van der Waals surface area (Å²) < 4.78 is 0.